The number of fused-ring (bicyclic) bond motifs is 1. The molecule has 0 aliphatic carbocycles. The van der Waals surface area contributed by atoms with E-state index in [2.05, 4.69) is 54.3 Å². The maximum absolute atomic E-state index is 4.63. The summed E-state index contributed by atoms with van der Waals surface area (Å²) < 4.78 is 2.02. The van der Waals surface area contributed by atoms with Crippen LogP contribution >= 0.6 is 0 Å². The topological polar surface area (TPSA) is 58.5 Å². The Labute approximate surface area is 130 Å². The Morgan fingerprint density at radius 2 is 1.95 bits per heavy atom. The number of aromatic nitrogens is 4. The summed E-state index contributed by atoms with van der Waals surface area (Å²) in [7, 11) is 0. The molecule has 5 heteroatoms. The van der Waals surface area contributed by atoms with Crippen LogP contribution in [0.1, 0.15) is 45.0 Å². The molecule has 1 aromatic carbocycles. The molecule has 0 bridgehead atoms. The van der Waals surface area contributed by atoms with Crippen molar-refractivity contribution < 1.29 is 0 Å². The van der Waals surface area contributed by atoms with Crippen LogP contribution in [0.25, 0.3) is 11.0 Å². The first kappa shape index (κ1) is 14.6. The highest BCUT2D eigenvalue weighted by Crippen LogP contribution is 2.24. The number of para-hydroxylation sites is 2. The molecule has 116 valence electrons. The SMILES string of the molecule is Cc1nn(C(C)(C)C)cc1C(C)Nc1nc2ccccc2[nH]1. The molecule has 22 heavy (non-hydrogen) atoms. The monoisotopic (exact) mass is 297 g/mol. The Bertz CT molecular complexity index is 758. The number of benzene rings is 1. The summed E-state index contributed by atoms with van der Waals surface area (Å²) in [6.07, 6.45) is 2.12. The van der Waals surface area contributed by atoms with Gasteiger partial charge in [-0.2, -0.15) is 5.10 Å². The largest absolute Gasteiger partial charge is 0.349 e. The molecule has 5 nitrogen and oxygen atoms in total. The molecule has 0 spiro atoms. The molecule has 0 aliphatic heterocycles. The van der Waals surface area contributed by atoms with Crippen LogP contribution in [0.3, 0.4) is 0 Å². The summed E-state index contributed by atoms with van der Waals surface area (Å²) in [6, 6.07) is 8.17. The molecule has 0 radical (unpaired) electrons. The summed E-state index contributed by atoms with van der Waals surface area (Å²) >= 11 is 0. The van der Waals surface area contributed by atoms with E-state index in [1.807, 2.05) is 35.9 Å². The standard InChI is InChI=1S/C17H23N5/c1-11(13-10-22(17(3,4)5)21-12(13)2)18-16-19-14-8-6-7-9-15(14)20-16/h6-11H,1-5H3,(H2,18,19,20). The number of aryl methyl sites for hydroxylation is 1. The molecule has 0 fully saturated rings. The second-order valence-electron chi connectivity index (χ2n) is 6.75. The zero-order valence-electron chi connectivity index (χ0n) is 13.8. The molecule has 2 heterocycles. The van der Waals surface area contributed by atoms with Crippen LogP contribution in [0.2, 0.25) is 0 Å². The van der Waals surface area contributed by atoms with Gasteiger partial charge < -0.3 is 10.3 Å². The molecule has 0 aliphatic rings. The minimum Gasteiger partial charge on any atom is -0.349 e. The first-order chi connectivity index (χ1) is 10.3. The fraction of sp³-hybridized carbons (Fsp3) is 0.412. The van der Waals surface area contributed by atoms with Gasteiger partial charge in [0.2, 0.25) is 5.95 Å². The molecule has 2 N–H and O–H groups in total. The second-order valence-corrected chi connectivity index (χ2v) is 6.75. The van der Waals surface area contributed by atoms with Gasteiger partial charge in [-0.3, -0.25) is 4.68 Å². The summed E-state index contributed by atoms with van der Waals surface area (Å²) in [5.74, 6) is 0.789. The van der Waals surface area contributed by atoms with Crippen molar-refractivity contribution in [2.75, 3.05) is 5.32 Å². The lowest BCUT2D eigenvalue weighted by atomic mass is 10.1. The summed E-state index contributed by atoms with van der Waals surface area (Å²) in [5, 5.41) is 8.07. The average Bonchev–Trinajstić information content (AvgIpc) is 3.00. The first-order valence-corrected chi connectivity index (χ1v) is 7.62. The Hall–Kier alpha value is -2.30. The zero-order valence-corrected chi connectivity index (χ0v) is 13.8. The molecular weight excluding hydrogens is 274 g/mol. The van der Waals surface area contributed by atoms with Gasteiger partial charge in [0, 0.05) is 11.8 Å². The molecular formula is C17H23N5. The van der Waals surface area contributed by atoms with Gasteiger partial charge in [0.25, 0.3) is 0 Å². The van der Waals surface area contributed by atoms with E-state index in [1.54, 1.807) is 0 Å². The fourth-order valence-corrected chi connectivity index (χ4v) is 2.55. The highest BCUT2D eigenvalue weighted by molar-refractivity contribution is 5.77. The number of hydrogen-bond acceptors (Lipinski definition) is 3. The van der Waals surface area contributed by atoms with Crippen LogP contribution in [0.5, 0.6) is 0 Å². The molecule has 0 saturated carbocycles. The number of H-pyrrole nitrogens is 1. The summed E-state index contributed by atoms with van der Waals surface area (Å²) in [4.78, 5) is 7.87. The van der Waals surface area contributed by atoms with Crippen molar-refractivity contribution in [2.45, 2.75) is 46.2 Å². The minimum absolute atomic E-state index is 0.0118. The van der Waals surface area contributed by atoms with Crippen molar-refractivity contribution >= 4 is 17.0 Å². The van der Waals surface area contributed by atoms with Crippen LogP contribution in [0, 0.1) is 6.92 Å². The van der Waals surface area contributed by atoms with Gasteiger partial charge in [-0.1, -0.05) is 12.1 Å². The third-order valence-electron chi connectivity index (χ3n) is 3.83. The maximum Gasteiger partial charge on any atom is 0.201 e. The van der Waals surface area contributed by atoms with Crippen LogP contribution in [-0.2, 0) is 5.54 Å². The van der Waals surface area contributed by atoms with E-state index in [4.69, 9.17) is 0 Å². The number of nitrogens with zero attached hydrogens (tertiary/aromatic N) is 3. The van der Waals surface area contributed by atoms with Crippen molar-refractivity contribution in [1.82, 2.24) is 19.7 Å². The molecule has 1 unspecified atom stereocenters. The number of rotatable bonds is 3. The van der Waals surface area contributed by atoms with E-state index in [0.29, 0.717) is 0 Å². The fourth-order valence-electron chi connectivity index (χ4n) is 2.55. The third-order valence-corrected chi connectivity index (χ3v) is 3.83. The van der Waals surface area contributed by atoms with Crippen molar-refractivity contribution in [3.8, 4) is 0 Å². The smallest absolute Gasteiger partial charge is 0.201 e. The Morgan fingerprint density at radius 3 is 2.59 bits per heavy atom. The van der Waals surface area contributed by atoms with Crippen LogP contribution < -0.4 is 5.32 Å². The van der Waals surface area contributed by atoms with Gasteiger partial charge in [-0.05, 0) is 46.8 Å². The van der Waals surface area contributed by atoms with Crippen molar-refractivity contribution in [2.24, 2.45) is 0 Å². The van der Waals surface area contributed by atoms with Crippen molar-refractivity contribution in [1.29, 1.82) is 0 Å². The van der Waals surface area contributed by atoms with Gasteiger partial charge in [0.1, 0.15) is 0 Å². The average molecular weight is 297 g/mol. The zero-order chi connectivity index (χ0) is 15.9. The normalized spacial score (nSPS) is 13.5. The van der Waals surface area contributed by atoms with E-state index in [0.717, 1.165) is 22.7 Å². The van der Waals surface area contributed by atoms with Crippen LogP contribution in [0.4, 0.5) is 5.95 Å². The number of nitrogens with one attached hydrogen (secondary N) is 2. The van der Waals surface area contributed by atoms with E-state index in [-0.39, 0.29) is 11.6 Å². The Morgan fingerprint density at radius 1 is 1.23 bits per heavy atom. The number of anilines is 1. The van der Waals surface area contributed by atoms with Gasteiger partial charge >= 0.3 is 0 Å². The number of imidazole rings is 1. The predicted octanol–water partition coefficient (Wildman–Crippen LogP) is 4.00. The number of aromatic amines is 1. The summed E-state index contributed by atoms with van der Waals surface area (Å²) in [6.45, 7) is 10.6. The van der Waals surface area contributed by atoms with Crippen LogP contribution in [-0.4, -0.2) is 19.7 Å². The second kappa shape index (κ2) is 5.16. The molecule has 3 rings (SSSR count). The highest BCUT2D eigenvalue weighted by atomic mass is 15.3. The van der Waals surface area contributed by atoms with Gasteiger partial charge in [0.05, 0.1) is 28.3 Å². The van der Waals surface area contributed by atoms with E-state index < -0.39 is 0 Å². The molecule has 0 amide bonds. The Balaban J connectivity index is 1.85. The van der Waals surface area contributed by atoms with Gasteiger partial charge in [-0.25, -0.2) is 4.98 Å². The summed E-state index contributed by atoms with van der Waals surface area (Å²) in [5.41, 5.74) is 4.24. The Kier molecular flexibility index (Phi) is 3.43. The molecule has 0 saturated heterocycles. The molecule has 1 atom stereocenters. The first-order valence-electron chi connectivity index (χ1n) is 7.62. The van der Waals surface area contributed by atoms with Gasteiger partial charge in [0.15, 0.2) is 0 Å². The van der Waals surface area contributed by atoms with E-state index >= 15 is 0 Å². The van der Waals surface area contributed by atoms with Crippen molar-refractivity contribution in [3.63, 3.8) is 0 Å². The lowest BCUT2D eigenvalue weighted by Gasteiger charge is -2.19. The lowest BCUT2D eigenvalue weighted by Crippen LogP contribution is -2.22. The quantitative estimate of drug-likeness (QED) is 0.768. The van der Waals surface area contributed by atoms with Gasteiger partial charge in [-0.15, -0.1) is 0 Å². The molecule has 2 aromatic heterocycles. The minimum atomic E-state index is -0.0118. The molecule has 3 aromatic rings. The highest BCUT2D eigenvalue weighted by Gasteiger charge is 2.19. The predicted molar refractivity (Wildman–Crippen MR) is 90.1 cm³/mol. The lowest BCUT2D eigenvalue weighted by molar-refractivity contribution is 0.354. The van der Waals surface area contributed by atoms with E-state index in [9.17, 15) is 0 Å². The van der Waals surface area contributed by atoms with Crippen molar-refractivity contribution in [3.05, 3.63) is 41.7 Å². The third kappa shape index (κ3) is 2.71. The number of hydrogen-bond donors (Lipinski definition) is 2. The maximum atomic E-state index is 4.63. The van der Waals surface area contributed by atoms with E-state index in [1.165, 1.54) is 5.56 Å². The van der Waals surface area contributed by atoms with Crippen LogP contribution in [0.15, 0.2) is 30.5 Å².